The second-order valence-corrected chi connectivity index (χ2v) is 3.22. The normalized spacial score (nSPS) is 34.1. The van der Waals surface area contributed by atoms with Crippen molar-refractivity contribution in [2.45, 2.75) is 18.6 Å². The maximum atomic E-state index is 5.36. The van der Waals surface area contributed by atoms with Crippen molar-refractivity contribution < 1.29 is 6.16 Å². The molecule has 0 aliphatic carbocycles. The zero-order chi connectivity index (χ0) is 8.27. The van der Waals surface area contributed by atoms with E-state index in [-0.39, 0.29) is 1.43 Å². The minimum Gasteiger partial charge on any atom is -0.378 e. The molecule has 3 heteroatoms. The van der Waals surface area contributed by atoms with Gasteiger partial charge >= 0.3 is 0 Å². The first kappa shape index (κ1) is 8.97. The average molecular weight is 160 g/mol. The van der Waals surface area contributed by atoms with Crippen LogP contribution in [-0.2, 0) is 4.74 Å². The van der Waals surface area contributed by atoms with Crippen LogP contribution in [0.5, 0.6) is 0 Å². The van der Waals surface area contributed by atoms with Crippen LogP contribution in [0.3, 0.4) is 0 Å². The second-order valence-electron chi connectivity index (χ2n) is 3.22. The van der Waals surface area contributed by atoms with E-state index >= 15 is 0 Å². The molecule has 1 rings (SSSR count). The molecule has 2 atom stereocenters. The lowest BCUT2D eigenvalue weighted by Gasteiger charge is -2.35. The molecule has 1 aliphatic heterocycles. The third-order valence-electron chi connectivity index (χ3n) is 2.44. The summed E-state index contributed by atoms with van der Waals surface area (Å²) in [6.07, 6.45) is 1.55. The molecule has 68 valence electrons. The summed E-state index contributed by atoms with van der Waals surface area (Å²) in [4.78, 5) is 2.31. The highest BCUT2D eigenvalue weighted by molar-refractivity contribution is 4.83. The average Bonchev–Trinajstić information content (AvgIpc) is 2.04. The first-order valence-corrected chi connectivity index (χ1v) is 4.16. The fourth-order valence-electron chi connectivity index (χ4n) is 1.64. The SMILES string of the molecule is CNC1CCN(C)CC1OC.[HH]. The fourth-order valence-corrected chi connectivity index (χ4v) is 1.64. The summed E-state index contributed by atoms with van der Waals surface area (Å²) in [5.41, 5.74) is 0. The summed E-state index contributed by atoms with van der Waals surface area (Å²) < 4.78 is 5.36. The zero-order valence-electron chi connectivity index (χ0n) is 7.63. The number of methoxy groups -OCH3 is 1. The van der Waals surface area contributed by atoms with Gasteiger partial charge in [-0.25, -0.2) is 0 Å². The molecule has 0 radical (unpaired) electrons. The van der Waals surface area contributed by atoms with Gasteiger partial charge in [-0.3, -0.25) is 0 Å². The van der Waals surface area contributed by atoms with Crippen molar-refractivity contribution in [2.75, 3.05) is 34.3 Å². The van der Waals surface area contributed by atoms with Crippen molar-refractivity contribution in [3.05, 3.63) is 0 Å². The van der Waals surface area contributed by atoms with Crippen LogP contribution in [0.25, 0.3) is 0 Å². The lowest BCUT2D eigenvalue weighted by atomic mass is 10.0. The summed E-state index contributed by atoms with van der Waals surface area (Å²) in [5, 5.41) is 3.27. The van der Waals surface area contributed by atoms with Crippen LogP contribution in [0.4, 0.5) is 0 Å². The van der Waals surface area contributed by atoms with Gasteiger partial charge in [-0.05, 0) is 27.1 Å². The number of nitrogens with one attached hydrogen (secondary N) is 1. The van der Waals surface area contributed by atoms with Gasteiger partial charge in [0.1, 0.15) is 0 Å². The van der Waals surface area contributed by atoms with E-state index in [0.717, 1.165) is 6.54 Å². The van der Waals surface area contributed by atoms with E-state index in [1.54, 1.807) is 7.11 Å². The number of hydrogen-bond donors (Lipinski definition) is 1. The van der Waals surface area contributed by atoms with E-state index in [4.69, 9.17) is 4.74 Å². The van der Waals surface area contributed by atoms with E-state index in [0.29, 0.717) is 12.1 Å². The first-order valence-electron chi connectivity index (χ1n) is 4.16. The Balaban J connectivity index is 0.00000121. The Morgan fingerprint density at radius 3 is 2.91 bits per heavy atom. The summed E-state index contributed by atoms with van der Waals surface area (Å²) in [7, 11) is 5.92. The third-order valence-corrected chi connectivity index (χ3v) is 2.44. The molecule has 1 heterocycles. The summed E-state index contributed by atoms with van der Waals surface area (Å²) >= 11 is 0. The molecule has 0 aromatic rings. The molecular weight excluding hydrogens is 140 g/mol. The topological polar surface area (TPSA) is 24.5 Å². The van der Waals surface area contributed by atoms with Crippen molar-refractivity contribution in [1.29, 1.82) is 0 Å². The van der Waals surface area contributed by atoms with Gasteiger partial charge in [-0.1, -0.05) is 0 Å². The largest absolute Gasteiger partial charge is 0.378 e. The Kier molecular flexibility index (Phi) is 3.30. The van der Waals surface area contributed by atoms with Gasteiger partial charge in [0.15, 0.2) is 0 Å². The smallest absolute Gasteiger partial charge is 0.0851 e. The quantitative estimate of drug-likeness (QED) is 0.623. The van der Waals surface area contributed by atoms with Crippen LogP contribution in [0.1, 0.15) is 7.85 Å². The molecule has 0 aromatic carbocycles. The van der Waals surface area contributed by atoms with E-state index < -0.39 is 0 Å². The molecule has 0 aromatic heterocycles. The van der Waals surface area contributed by atoms with Gasteiger partial charge in [0, 0.05) is 21.1 Å². The lowest BCUT2D eigenvalue weighted by molar-refractivity contribution is 0.0164. The molecular formula is C8H20N2O. The highest BCUT2D eigenvalue weighted by Crippen LogP contribution is 2.11. The zero-order valence-corrected chi connectivity index (χ0v) is 7.63. The highest BCUT2D eigenvalue weighted by Gasteiger charge is 2.25. The number of likely N-dealkylation sites (tertiary alicyclic amines) is 1. The van der Waals surface area contributed by atoms with Crippen molar-refractivity contribution in [1.82, 2.24) is 10.2 Å². The van der Waals surface area contributed by atoms with Crippen molar-refractivity contribution in [3.8, 4) is 0 Å². The molecule has 11 heavy (non-hydrogen) atoms. The Hall–Kier alpha value is -0.120. The highest BCUT2D eigenvalue weighted by atomic mass is 16.5. The summed E-state index contributed by atoms with van der Waals surface area (Å²) in [6, 6.07) is 0.538. The van der Waals surface area contributed by atoms with Gasteiger partial charge in [0.25, 0.3) is 0 Å². The van der Waals surface area contributed by atoms with Crippen LogP contribution in [0.15, 0.2) is 0 Å². The van der Waals surface area contributed by atoms with Gasteiger partial charge < -0.3 is 15.0 Å². The Morgan fingerprint density at radius 2 is 2.36 bits per heavy atom. The standard InChI is InChI=1S/C8H18N2O.H2/c1-9-7-4-5-10(2)6-8(7)11-3;/h7-9H,4-6H2,1-3H3;1H. The molecule has 3 nitrogen and oxygen atoms in total. The number of piperidine rings is 1. The minimum atomic E-state index is 0. The van der Waals surface area contributed by atoms with Gasteiger partial charge in [-0.15, -0.1) is 0 Å². The number of rotatable bonds is 2. The van der Waals surface area contributed by atoms with E-state index in [1.165, 1.54) is 13.0 Å². The number of nitrogens with zero attached hydrogens (tertiary/aromatic N) is 1. The lowest BCUT2D eigenvalue weighted by Crippen LogP contribution is -2.51. The monoisotopic (exact) mass is 160 g/mol. The van der Waals surface area contributed by atoms with Crippen molar-refractivity contribution >= 4 is 0 Å². The van der Waals surface area contributed by atoms with Gasteiger partial charge in [0.05, 0.1) is 6.10 Å². The predicted molar refractivity (Wildman–Crippen MR) is 47.9 cm³/mol. The molecule has 1 saturated heterocycles. The van der Waals surface area contributed by atoms with E-state index in [2.05, 4.69) is 17.3 Å². The van der Waals surface area contributed by atoms with Gasteiger partial charge in [-0.2, -0.15) is 0 Å². The molecule has 0 spiro atoms. The molecule has 1 aliphatic rings. The van der Waals surface area contributed by atoms with E-state index in [9.17, 15) is 0 Å². The van der Waals surface area contributed by atoms with Crippen LogP contribution < -0.4 is 5.32 Å². The number of ether oxygens (including phenoxy) is 1. The van der Waals surface area contributed by atoms with Crippen molar-refractivity contribution in [3.63, 3.8) is 0 Å². The molecule has 0 bridgehead atoms. The first-order chi connectivity index (χ1) is 5.27. The number of hydrogen-bond acceptors (Lipinski definition) is 3. The molecule has 1 fully saturated rings. The minimum absolute atomic E-state index is 0. The van der Waals surface area contributed by atoms with Crippen LogP contribution >= 0.6 is 0 Å². The third kappa shape index (κ3) is 2.15. The maximum absolute atomic E-state index is 5.36. The summed E-state index contributed by atoms with van der Waals surface area (Å²) in [5.74, 6) is 0. The van der Waals surface area contributed by atoms with Crippen LogP contribution in [0.2, 0.25) is 0 Å². The van der Waals surface area contributed by atoms with E-state index in [1.807, 2.05) is 7.05 Å². The van der Waals surface area contributed by atoms with Crippen LogP contribution in [-0.4, -0.2) is 51.3 Å². The molecule has 0 saturated carbocycles. The Morgan fingerprint density at radius 1 is 1.64 bits per heavy atom. The fraction of sp³-hybridized carbons (Fsp3) is 1.00. The predicted octanol–water partition coefficient (Wildman–Crippen LogP) is 0.171. The summed E-state index contributed by atoms with van der Waals surface area (Å²) in [6.45, 7) is 2.22. The second kappa shape index (κ2) is 4.04. The maximum Gasteiger partial charge on any atom is 0.0851 e. The van der Waals surface area contributed by atoms with Gasteiger partial charge in [0.2, 0.25) is 0 Å². The van der Waals surface area contributed by atoms with Crippen molar-refractivity contribution in [2.24, 2.45) is 0 Å². The Labute approximate surface area is 70.2 Å². The Bertz CT molecular complexity index is 124. The number of likely N-dealkylation sites (N-methyl/N-ethyl adjacent to an activating group) is 2. The molecule has 0 amide bonds. The molecule has 1 N–H and O–H groups in total. The molecule has 2 unspecified atom stereocenters. The van der Waals surface area contributed by atoms with Crippen LogP contribution in [0, 0.1) is 0 Å².